The highest BCUT2D eigenvalue weighted by atomic mass is 32.1. The summed E-state index contributed by atoms with van der Waals surface area (Å²) in [6.07, 6.45) is 0. The van der Waals surface area contributed by atoms with E-state index in [1.165, 1.54) is 6.07 Å². The second-order valence-electron chi connectivity index (χ2n) is 4.46. The number of nitrogens with zero attached hydrogens (tertiary/aromatic N) is 3. The topological polar surface area (TPSA) is 59.3 Å². The molecule has 6 heteroatoms. The second-order valence-corrected chi connectivity index (χ2v) is 5.52. The lowest BCUT2D eigenvalue weighted by atomic mass is 10.2. The molecular weight excluding hydrogens is 262 g/mol. The fraction of sp³-hybridized carbons (Fsp3) is 0.308. The van der Waals surface area contributed by atoms with Gasteiger partial charge in [-0.1, -0.05) is 12.1 Å². The zero-order valence-corrected chi connectivity index (χ0v) is 11.7. The van der Waals surface area contributed by atoms with Gasteiger partial charge in [-0.05, 0) is 19.5 Å². The van der Waals surface area contributed by atoms with Gasteiger partial charge in [-0.2, -0.15) is 0 Å². The summed E-state index contributed by atoms with van der Waals surface area (Å²) >= 11 is 1.63. The Morgan fingerprint density at radius 2 is 2.21 bits per heavy atom. The van der Waals surface area contributed by atoms with Crippen LogP contribution in [0.4, 0.5) is 5.69 Å². The molecule has 0 radical (unpaired) electrons. The fourth-order valence-electron chi connectivity index (χ4n) is 1.89. The molecular formula is C13H15N3O2S. The molecule has 0 saturated heterocycles. The van der Waals surface area contributed by atoms with Crippen LogP contribution < -0.4 is 0 Å². The first-order valence-electron chi connectivity index (χ1n) is 5.87. The van der Waals surface area contributed by atoms with Gasteiger partial charge in [0.2, 0.25) is 0 Å². The smallest absolute Gasteiger partial charge is 0.269 e. The van der Waals surface area contributed by atoms with Gasteiger partial charge >= 0.3 is 0 Å². The molecule has 0 unspecified atom stereocenters. The Kier molecular flexibility index (Phi) is 4.24. The molecule has 1 aromatic heterocycles. The number of hydrogen-bond donors (Lipinski definition) is 0. The average molecular weight is 277 g/mol. The van der Waals surface area contributed by atoms with E-state index in [0.29, 0.717) is 6.54 Å². The van der Waals surface area contributed by atoms with Gasteiger partial charge in [0.1, 0.15) is 0 Å². The molecule has 0 fully saturated rings. The Morgan fingerprint density at radius 3 is 2.84 bits per heavy atom. The molecule has 5 nitrogen and oxygen atoms in total. The van der Waals surface area contributed by atoms with E-state index < -0.39 is 0 Å². The maximum Gasteiger partial charge on any atom is 0.269 e. The van der Waals surface area contributed by atoms with Crippen molar-refractivity contribution in [3.8, 4) is 0 Å². The van der Waals surface area contributed by atoms with Crippen molar-refractivity contribution in [3.63, 3.8) is 0 Å². The van der Waals surface area contributed by atoms with Crippen LogP contribution in [0.3, 0.4) is 0 Å². The van der Waals surface area contributed by atoms with Crippen LogP contribution in [0.25, 0.3) is 0 Å². The van der Waals surface area contributed by atoms with Crippen molar-refractivity contribution in [2.24, 2.45) is 0 Å². The van der Waals surface area contributed by atoms with Gasteiger partial charge in [0.15, 0.2) is 0 Å². The van der Waals surface area contributed by atoms with Crippen LogP contribution in [0.2, 0.25) is 0 Å². The Bertz CT molecular complexity index is 583. The van der Waals surface area contributed by atoms with E-state index in [-0.39, 0.29) is 10.6 Å². The zero-order valence-electron chi connectivity index (χ0n) is 10.9. The van der Waals surface area contributed by atoms with Crippen molar-refractivity contribution in [2.45, 2.75) is 20.0 Å². The third-order valence-corrected chi connectivity index (χ3v) is 3.49. The van der Waals surface area contributed by atoms with Gasteiger partial charge in [0, 0.05) is 30.6 Å². The van der Waals surface area contributed by atoms with Crippen molar-refractivity contribution in [3.05, 3.63) is 56.0 Å². The minimum atomic E-state index is -0.368. The highest BCUT2D eigenvalue weighted by Gasteiger charge is 2.08. The molecule has 100 valence electrons. The molecule has 19 heavy (non-hydrogen) atoms. The molecule has 2 rings (SSSR count). The minimum Gasteiger partial charge on any atom is -0.296 e. The summed E-state index contributed by atoms with van der Waals surface area (Å²) in [6.45, 7) is 3.39. The average Bonchev–Trinajstić information content (AvgIpc) is 2.74. The molecule has 0 atom stereocenters. The van der Waals surface area contributed by atoms with Crippen molar-refractivity contribution in [2.75, 3.05) is 7.05 Å². The Balaban J connectivity index is 2.00. The van der Waals surface area contributed by atoms with Crippen LogP contribution in [0.15, 0.2) is 29.6 Å². The van der Waals surface area contributed by atoms with Crippen LogP contribution in [-0.2, 0) is 13.1 Å². The van der Waals surface area contributed by atoms with E-state index in [2.05, 4.69) is 9.88 Å². The van der Waals surface area contributed by atoms with Gasteiger partial charge in [0.05, 0.1) is 15.6 Å². The molecule has 0 aliphatic carbocycles. The molecule has 0 aliphatic rings. The Labute approximate surface area is 115 Å². The summed E-state index contributed by atoms with van der Waals surface area (Å²) in [5.41, 5.74) is 2.11. The van der Waals surface area contributed by atoms with E-state index in [4.69, 9.17) is 0 Å². The molecule has 1 aromatic carbocycles. The van der Waals surface area contributed by atoms with E-state index in [0.717, 1.165) is 22.8 Å². The number of rotatable bonds is 5. The normalized spacial score (nSPS) is 10.9. The highest BCUT2D eigenvalue weighted by molar-refractivity contribution is 7.09. The number of nitro groups is 1. The molecule has 2 aromatic rings. The van der Waals surface area contributed by atoms with Crippen LogP contribution in [-0.4, -0.2) is 21.9 Å². The zero-order chi connectivity index (χ0) is 13.8. The molecule has 0 saturated carbocycles. The first-order valence-corrected chi connectivity index (χ1v) is 6.75. The van der Waals surface area contributed by atoms with Crippen molar-refractivity contribution < 1.29 is 4.92 Å². The monoisotopic (exact) mass is 277 g/mol. The summed E-state index contributed by atoms with van der Waals surface area (Å²) < 4.78 is 0. The molecule has 0 bridgehead atoms. The summed E-state index contributed by atoms with van der Waals surface area (Å²) in [5, 5.41) is 13.8. The largest absolute Gasteiger partial charge is 0.296 e. The van der Waals surface area contributed by atoms with Gasteiger partial charge in [0.25, 0.3) is 5.69 Å². The number of non-ortho nitro benzene ring substituents is 1. The summed E-state index contributed by atoms with van der Waals surface area (Å²) in [5.74, 6) is 0. The van der Waals surface area contributed by atoms with Crippen molar-refractivity contribution in [1.82, 2.24) is 9.88 Å². The van der Waals surface area contributed by atoms with Crippen LogP contribution >= 0.6 is 11.3 Å². The Hall–Kier alpha value is -1.79. The maximum absolute atomic E-state index is 10.7. The summed E-state index contributed by atoms with van der Waals surface area (Å²) in [7, 11) is 1.98. The molecule has 0 spiro atoms. The number of thiazole rings is 1. The second kappa shape index (κ2) is 5.90. The minimum absolute atomic E-state index is 0.135. The molecule has 0 amide bonds. The predicted octanol–water partition coefficient (Wildman–Crippen LogP) is 2.99. The maximum atomic E-state index is 10.7. The Morgan fingerprint density at radius 1 is 1.42 bits per heavy atom. The van der Waals surface area contributed by atoms with Gasteiger partial charge in [-0.25, -0.2) is 4.98 Å². The van der Waals surface area contributed by atoms with Crippen LogP contribution in [0.5, 0.6) is 0 Å². The number of hydrogen-bond acceptors (Lipinski definition) is 5. The van der Waals surface area contributed by atoms with Crippen molar-refractivity contribution in [1.29, 1.82) is 0 Å². The molecule has 0 N–H and O–H groups in total. The molecule has 1 heterocycles. The number of aromatic nitrogens is 1. The van der Waals surface area contributed by atoms with Gasteiger partial charge in [-0.3, -0.25) is 15.0 Å². The van der Waals surface area contributed by atoms with E-state index in [1.54, 1.807) is 23.5 Å². The quantitative estimate of drug-likeness (QED) is 0.622. The SMILES string of the molecule is Cc1nc(CN(C)Cc2cccc([N+](=O)[O-])c2)cs1. The number of benzene rings is 1. The standard InChI is InChI=1S/C13H15N3O2S/c1-10-14-12(9-19-10)8-15(2)7-11-4-3-5-13(6-11)16(17)18/h3-6,9H,7-8H2,1-2H3. The van der Waals surface area contributed by atoms with Crippen LogP contribution in [0.1, 0.15) is 16.3 Å². The van der Waals surface area contributed by atoms with Gasteiger partial charge < -0.3 is 0 Å². The van der Waals surface area contributed by atoms with E-state index >= 15 is 0 Å². The van der Waals surface area contributed by atoms with E-state index in [9.17, 15) is 10.1 Å². The predicted molar refractivity (Wildman–Crippen MR) is 75.1 cm³/mol. The van der Waals surface area contributed by atoms with Crippen molar-refractivity contribution >= 4 is 17.0 Å². The summed E-state index contributed by atoms with van der Waals surface area (Å²) in [6, 6.07) is 6.74. The number of aryl methyl sites for hydroxylation is 1. The lowest BCUT2D eigenvalue weighted by Gasteiger charge is -2.15. The van der Waals surface area contributed by atoms with E-state index in [1.807, 2.05) is 25.4 Å². The third-order valence-electron chi connectivity index (χ3n) is 2.67. The lowest BCUT2D eigenvalue weighted by Crippen LogP contribution is -2.17. The first-order chi connectivity index (χ1) is 9.04. The van der Waals surface area contributed by atoms with Crippen LogP contribution in [0, 0.1) is 17.0 Å². The van der Waals surface area contributed by atoms with Gasteiger partial charge in [-0.15, -0.1) is 11.3 Å². The lowest BCUT2D eigenvalue weighted by molar-refractivity contribution is -0.384. The fourth-order valence-corrected chi connectivity index (χ4v) is 2.50. The summed E-state index contributed by atoms with van der Waals surface area (Å²) in [4.78, 5) is 16.8. The highest BCUT2D eigenvalue weighted by Crippen LogP contribution is 2.16. The first kappa shape index (κ1) is 13.6. The number of nitro benzene ring substituents is 1. The third kappa shape index (κ3) is 3.84. The molecule has 0 aliphatic heterocycles.